The van der Waals surface area contributed by atoms with Gasteiger partial charge < -0.3 is 11.1 Å². The van der Waals surface area contributed by atoms with E-state index in [-0.39, 0.29) is 11.7 Å². The highest BCUT2D eigenvalue weighted by Crippen LogP contribution is 2.28. The number of aryl methyl sites for hydroxylation is 1. The Hall–Kier alpha value is -3.76. The molecule has 4 aromatic rings. The second-order valence-electron chi connectivity index (χ2n) is 10.1. The minimum atomic E-state index is -0.286. The maximum atomic E-state index is 13.7. The van der Waals surface area contributed by atoms with Crippen molar-refractivity contribution in [3.8, 4) is 0 Å². The minimum absolute atomic E-state index is 0.257. The van der Waals surface area contributed by atoms with E-state index in [4.69, 9.17) is 5.73 Å². The average molecular weight is 575 g/mol. The molecule has 5 rings (SSSR count). The van der Waals surface area contributed by atoms with Crippen LogP contribution in [0.3, 0.4) is 0 Å². The molecule has 0 saturated heterocycles. The zero-order valence-corrected chi connectivity index (χ0v) is 26.0. The topological polar surface area (TPSA) is 80.9 Å². The third-order valence-electron chi connectivity index (χ3n) is 6.74. The van der Waals surface area contributed by atoms with E-state index in [1.54, 1.807) is 24.3 Å². The number of halogens is 1. The van der Waals surface area contributed by atoms with Gasteiger partial charge in [-0.25, -0.2) is 9.37 Å². The molecule has 3 N–H and O–H groups in total. The number of nitrogens with zero attached hydrogens (tertiary/aromatic N) is 2. The number of aromatic nitrogens is 2. The summed E-state index contributed by atoms with van der Waals surface area (Å²) < 4.78 is 13.7. The number of carbonyl (C=O) groups excluding carboxylic acids is 1. The number of aldehydes is 1. The summed E-state index contributed by atoms with van der Waals surface area (Å²) in [7, 11) is 2.65. The zero-order chi connectivity index (χ0) is 30.2. The molecule has 218 valence electrons. The largest absolute Gasteiger partial charge is 0.397 e. The van der Waals surface area contributed by atoms with Gasteiger partial charge in [-0.2, -0.15) is 0 Å². The number of carbonyl (C=O) groups is 1. The van der Waals surface area contributed by atoms with Crippen LogP contribution in [0.4, 0.5) is 15.6 Å². The molecule has 0 aliphatic heterocycles. The van der Waals surface area contributed by atoms with E-state index in [0.717, 1.165) is 20.2 Å². The molecule has 1 aliphatic rings. The van der Waals surface area contributed by atoms with E-state index in [1.807, 2.05) is 26.0 Å². The van der Waals surface area contributed by atoms with Crippen LogP contribution in [0.15, 0.2) is 84.9 Å². The number of nitrogens with two attached hydrogens (primary N) is 1. The van der Waals surface area contributed by atoms with E-state index < -0.39 is 0 Å². The van der Waals surface area contributed by atoms with Crippen LogP contribution < -0.4 is 11.1 Å². The number of pyridine rings is 1. The Balaban J connectivity index is 0.000000215. The maximum Gasteiger partial charge on any atom is 0.151 e. The number of rotatable bonds is 6. The first-order chi connectivity index (χ1) is 19.7. The van der Waals surface area contributed by atoms with Crippen molar-refractivity contribution >= 4 is 25.7 Å². The van der Waals surface area contributed by atoms with Crippen LogP contribution in [0.1, 0.15) is 91.5 Å². The molecule has 2 unspecified atom stereocenters. The number of hydrogen-bond acceptors (Lipinski definition) is 5. The van der Waals surface area contributed by atoms with Crippen LogP contribution in [-0.4, -0.2) is 23.3 Å². The number of hydrogen-bond donors (Lipinski definition) is 2. The van der Waals surface area contributed by atoms with Gasteiger partial charge in [0.25, 0.3) is 0 Å². The van der Waals surface area contributed by atoms with Crippen molar-refractivity contribution < 1.29 is 9.18 Å². The molecule has 0 bridgehead atoms. The molecule has 0 spiro atoms. The van der Waals surface area contributed by atoms with Gasteiger partial charge in [0.15, 0.2) is 6.29 Å². The number of nitrogens with one attached hydrogen (secondary N) is 1. The third kappa shape index (κ3) is 11.3. The van der Waals surface area contributed by atoms with Crippen molar-refractivity contribution in [1.29, 1.82) is 0 Å². The fourth-order valence-electron chi connectivity index (χ4n) is 3.88. The predicted octanol–water partition coefficient (Wildman–Crippen LogP) is 9.02. The molecular formula is C34H44FN4OP. The molecule has 5 nitrogen and oxygen atoms in total. The standard InChI is InChI=1S/C14H13FN2O.C11H16.C5H8.C4H7N2P/c1-9(11-4-2-3-5-12(11)15)14-13(16)6-10(8-18)7-17-14;1-4-10-5-7-11(8-6-10)9(2)3;1-5-3-2-4-5;1-5-4-6-2-3-7-4/h2-9H,16H2,1H3;5-9H,4H2,1-3H3;1-4H2;2-3,7H,1H3,(H,5,6). The van der Waals surface area contributed by atoms with Gasteiger partial charge >= 0.3 is 0 Å². The number of anilines is 2. The smallest absolute Gasteiger partial charge is 0.151 e. The van der Waals surface area contributed by atoms with Crippen molar-refractivity contribution in [2.24, 2.45) is 0 Å². The summed E-state index contributed by atoms with van der Waals surface area (Å²) in [5.41, 5.74) is 13.1. The highest BCUT2D eigenvalue weighted by Gasteiger charge is 2.16. The molecule has 1 saturated carbocycles. The molecule has 0 amide bonds. The highest BCUT2D eigenvalue weighted by molar-refractivity contribution is 7.33. The van der Waals surface area contributed by atoms with Crippen LogP contribution in [0.5, 0.6) is 0 Å². The first-order valence-electron chi connectivity index (χ1n) is 14.1. The molecule has 2 aromatic heterocycles. The molecule has 2 atom stereocenters. The summed E-state index contributed by atoms with van der Waals surface area (Å²) in [6.07, 6.45) is 9.05. The van der Waals surface area contributed by atoms with Gasteiger partial charge in [-0.05, 0) is 66.2 Å². The summed E-state index contributed by atoms with van der Waals surface area (Å²) in [4.78, 5) is 18.7. The summed E-state index contributed by atoms with van der Waals surface area (Å²) in [6.45, 7) is 12.2. The molecule has 7 heteroatoms. The van der Waals surface area contributed by atoms with E-state index in [2.05, 4.69) is 66.9 Å². The zero-order valence-electron chi connectivity index (χ0n) is 25.0. The Morgan fingerprint density at radius 2 is 1.76 bits per heavy atom. The van der Waals surface area contributed by atoms with Crippen molar-refractivity contribution in [3.05, 3.63) is 119 Å². The van der Waals surface area contributed by atoms with E-state index >= 15 is 0 Å². The van der Waals surface area contributed by atoms with Crippen LogP contribution >= 0.6 is 8.19 Å². The first kappa shape index (κ1) is 33.4. The molecule has 41 heavy (non-hydrogen) atoms. The Bertz CT molecular complexity index is 1330. The second-order valence-corrected chi connectivity index (χ2v) is 11.2. The van der Waals surface area contributed by atoms with E-state index in [9.17, 15) is 9.18 Å². The van der Waals surface area contributed by atoms with Crippen LogP contribution in [0.2, 0.25) is 0 Å². The number of allylic oxidation sites excluding steroid dienone is 1. The lowest BCUT2D eigenvalue weighted by Crippen LogP contribution is -2.06. The van der Waals surface area contributed by atoms with Crippen molar-refractivity contribution in [2.75, 3.05) is 18.1 Å². The molecular weight excluding hydrogens is 530 g/mol. The Labute approximate surface area is 246 Å². The van der Waals surface area contributed by atoms with Gasteiger partial charge in [-0.3, -0.25) is 9.78 Å². The van der Waals surface area contributed by atoms with Gasteiger partial charge in [-0.15, -0.1) is 0 Å². The van der Waals surface area contributed by atoms with E-state index in [0.29, 0.717) is 34.7 Å². The van der Waals surface area contributed by atoms with Crippen LogP contribution in [-0.2, 0) is 6.42 Å². The molecule has 1 aliphatic carbocycles. The highest BCUT2D eigenvalue weighted by atomic mass is 31.0. The second kappa shape index (κ2) is 17.8. The van der Waals surface area contributed by atoms with Gasteiger partial charge in [0.05, 0.1) is 11.4 Å². The molecule has 2 heterocycles. The quantitative estimate of drug-likeness (QED) is 0.177. The summed E-state index contributed by atoms with van der Waals surface area (Å²) >= 11 is 0. The summed E-state index contributed by atoms with van der Waals surface area (Å²) in [5, 5.41) is 2.96. The Morgan fingerprint density at radius 3 is 2.17 bits per heavy atom. The summed E-state index contributed by atoms with van der Waals surface area (Å²) in [5.74, 6) is 2.16. The molecule has 0 radical (unpaired) electrons. The fraction of sp³-hybridized carbons (Fsp3) is 0.324. The van der Waals surface area contributed by atoms with Crippen LogP contribution in [0.25, 0.3) is 0 Å². The minimum Gasteiger partial charge on any atom is -0.397 e. The van der Waals surface area contributed by atoms with E-state index in [1.165, 1.54) is 48.2 Å². The normalized spacial score (nSPS) is 12.5. The lowest BCUT2D eigenvalue weighted by atomic mass is 9.95. The first-order valence-corrected chi connectivity index (χ1v) is 15.1. The van der Waals surface area contributed by atoms with Crippen molar-refractivity contribution in [3.63, 3.8) is 0 Å². The van der Waals surface area contributed by atoms with Gasteiger partial charge in [-0.1, -0.05) is 90.5 Å². The maximum absolute atomic E-state index is 13.7. The Kier molecular flexibility index (Phi) is 14.5. The van der Waals surface area contributed by atoms with Crippen LogP contribution in [0, 0.1) is 5.82 Å². The van der Waals surface area contributed by atoms with Gasteiger partial charge in [0.1, 0.15) is 11.4 Å². The number of nitrogen functional groups attached to an aromatic ring is 1. The third-order valence-corrected chi connectivity index (χ3v) is 7.71. The van der Waals surface area contributed by atoms with Crippen molar-refractivity contribution in [1.82, 2.24) is 9.97 Å². The molecule has 1 fully saturated rings. The summed E-state index contributed by atoms with van der Waals surface area (Å²) in [6, 6.07) is 16.9. The number of benzene rings is 2. The Morgan fingerprint density at radius 1 is 1.10 bits per heavy atom. The lowest BCUT2D eigenvalue weighted by molar-refractivity contribution is 0.112. The van der Waals surface area contributed by atoms with Gasteiger partial charge in [0, 0.05) is 30.9 Å². The monoisotopic (exact) mass is 574 g/mol. The van der Waals surface area contributed by atoms with Gasteiger partial charge in [0.2, 0.25) is 0 Å². The van der Waals surface area contributed by atoms with Crippen molar-refractivity contribution in [2.45, 2.75) is 65.2 Å². The average Bonchev–Trinajstić information content (AvgIpc) is 3.51. The SMILES string of the molecule is C=C1CCC1.CC(c1ccccc1F)c1ncc(C=O)cc1N.CCc1ccc(C(C)C)cc1.CNc1ncc[pH]1. The molecule has 2 aromatic carbocycles. The lowest BCUT2D eigenvalue weighted by Gasteiger charge is -2.14. The fourth-order valence-corrected chi connectivity index (χ4v) is 4.48. The predicted molar refractivity (Wildman–Crippen MR) is 174 cm³/mol.